The first-order valence-electron chi connectivity index (χ1n) is 7.92. The van der Waals surface area contributed by atoms with Crippen molar-refractivity contribution in [1.29, 1.82) is 0 Å². The predicted molar refractivity (Wildman–Crippen MR) is 104 cm³/mol. The largest absolute Gasteiger partial charge is 0.355 e. The van der Waals surface area contributed by atoms with E-state index < -0.39 is 0 Å². The molecule has 2 aromatic carbocycles. The molecule has 5 heteroatoms. The van der Waals surface area contributed by atoms with Gasteiger partial charge in [0.15, 0.2) is 0 Å². The molecule has 0 saturated carbocycles. The zero-order valence-electron chi connectivity index (χ0n) is 13.8. The molecule has 0 aliphatic heterocycles. The number of nitrogens with zero attached hydrogens (tertiary/aromatic N) is 1. The fourth-order valence-electron chi connectivity index (χ4n) is 2.31. The lowest BCUT2D eigenvalue weighted by Crippen LogP contribution is -2.23. The van der Waals surface area contributed by atoms with Gasteiger partial charge in [0.25, 0.3) is 5.91 Å². The number of amides is 1. The lowest BCUT2D eigenvalue weighted by molar-refractivity contribution is 0.0946. The van der Waals surface area contributed by atoms with Crippen LogP contribution < -0.4 is 10.6 Å². The monoisotopic (exact) mass is 395 g/mol. The highest BCUT2D eigenvalue weighted by molar-refractivity contribution is 9.10. The third kappa shape index (κ3) is 4.90. The highest BCUT2D eigenvalue weighted by Crippen LogP contribution is 2.19. The van der Waals surface area contributed by atoms with Gasteiger partial charge in [0.05, 0.1) is 0 Å². The quantitative estimate of drug-likeness (QED) is 0.650. The van der Waals surface area contributed by atoms with Crippen molar-refractivity contribution in [3.8, 4) is 0 Å². The standard InChI is InChI=1S/C20H18BrN3O/c1-14-2-4-15(5-3-14)13-23-20(25)19-12-18(10-11-22-19)24-17-8-6-16(21)7-9-17/h2-12H,13H2,1H3,(H,22,24)(H,23,25). The average Bonchev–Trinajstić information content (AvgIpc) is 2.63. The molecular formula is C20H18BrN3O. The number of benzene rings is 2. The van der Waals surface area contributed by atoms with Crippen molar-refractivity contribution in [2.24, 2.45) is 0 Å². The Bertz CT molecular complexity index is 861. The number of aryl methyl sites for hydroxylation is 1. The van der Waals surface area contributed by atoms with E-state index in [0.717, 1.165) is 21.4 Å². The van der Waals surface area contributed by atoms with E-state index in [2.05, 4.69) is 31.5 Å². The molecular weight excluding hydrogens is 378 g/mol. The van der Waals surface area contributed by atoms with Gasteiger partial charge in [0.2, 0.25) is 0 Å². The molecule has 1 heterocycles. The van der Waals surface area contributed by atoms with Crippen LogP contribution in [0.5, 0.6) is 0 Å². The maximum absolute atomic E-state index is 12.3. The molecule has 0 fully saturated rings. The van der Waals surface area contributed by atoms with Crippen molar-refractivity contribution in [2.75, 3.05) is 5.32 Å². The zero-order valence-corrected chi connectivity index (χ0v) is 15.4. The van der Waals surface area contributed by atoms with E-state index in [1.807, 2.05) is 61.5 Å². The summed E-state index contributed by atoms with van der Waals surface area (Å²) < 4.78 is 1.02. The van der Waals surface area contributed by atoms with Gasteiger partial charge in [-0.1, -0.05) is 45.8 Å². The number of carbonyl (C=O) groups excluding carboxylic acids is 1. The van der Waals surface area contributed by atoms with E-state index in [-0.39, 0.29) is 5.91 Å². The second kappa shape index (κ2) is 7.94. The molecule has 0 radical (unpaired) electrons. The van der Waals surface area contributed by atoms with Crippen molar-refractivity contribution in [1.82, 2.24) is 10.3 Å². The van der Waals surface area contributed by atoms with Crippen LogP contribution in [0, 0.1) is 6.92 Å². The Morgan fingerprint density at radius 1 is 1.00 bits per heavy atom. The highest BCUT2D eigenvalue weighted by Gasteiger charge is 2.08. The van der Waals surface area contributed by atoms with E-state index in [9.17, 15) is 4.79 Å². The molecule has 4 nitrogen and oxygen atoms in total. The van der Waals surface area contributed by atoms with Gasteiger partial charge in [-0.25, -0.2) is 0 Å². The minimum Gasteiger partial charge on any atom is -0.355 e. The SMILES string of the molecule is Cc1ccc(CNC(=O)c2cc(Nc3ccc(Br)cc3)ccn2)cc1. The molecule has 0 unspecified atom stereocenters. The lowest BCUT2D eigenvalue weighted by Gasteiger charge is -2.09. The summed E-state index contributed by atoms with van der Waals surface area (Å²) in [5.74, 6) is -0.194. The number of halogens is 1. The minimum absolute atomic E-state index is 0.194. The van der Waals surface area contributed by atoms with Gasteiger partial charge in [0, 0.05) is 28.6 Å². The Hall–Kier alpha value is -2.66. The minimum atomic E-state index is -0.194. The van der Waals surface area contributed by atoms with Crippen LogP contribution in [0.25, 0.3) is 0 Å². The molecule has 2 N–H and O–H groups in total. The molecule has 126 valence electrons. The third-order valence-corrected chi connectivity index (χ3v) is 4.23. The topological polar surface area (TPSA) is 54.0 Å². The van der Waals surface area contributed by atoms with Crippen molar-refractivity contribution >= 4 is 33.2 Å². The van der Waals surface area contributed by atoms with Crippen LogP contribution in [-0.4, -0.2) is 10.9 Å². The van der Waals surface area contributed by atoms with Gasteiger partial charge >= 0.3 is 0 Å². The number of hydrogen-bond acceptors (Lipinski definition) is 3. The third-order valence-electron chi connectivity index (χ3n) is 3.70. The average molecular weight is 396 g/mol. The summed E-state index contributed by atoms with van der Waals surface area (Å²) in [6.45, 7) is 2.52. The number of hydrogen-bond donors (Lipinski definition) is 2. The van der Waals surface area contributed by atoms with Crippen LogP contribution in [0.3, 0.4) is 0 Å². The highest BCUT2D eigenvalue weighted by atomic mass is 79.9. The Morgan fingerprint density at radius 2 is 1.72 bits per heavy atom. The Balaban J connectivity index is 1.64. The second-order valence-corrected chi connectivity index (χ2v) is 6.65. The van der Waals surface area contributed by atoms with Crippen LogP contribution in [0.15, 0.2) is 71.3 Å². The molecule has 25 heavy (non-hydrogen) atoms. The Labute approximate surface area is 155 Å². The predicted octanol–water partition coefficient (Wildman–Crippen LogP) is 4.83. The lowest BCUT2D eigenvalue weighted by atomic mass is 10.1. The summed E-state index contributed by atoms with van der Waals surface area (Å²) in [4.78, 5) is 16.5. The summed E-state index contributed by atoms with van der Waals surface area (Å²) in [6.07, 6.45) is 1.63. The Morgan fingerprint density at radius 3 is 2.44 bits per heavy atom. The van der Waals surface area contributed by atoms with E-state index in [1.165, 1.54) is 5.56 Å². The molecule has 3 rings (SSSR count). The summed E-state index contributed by atoms with van der Waals surface area (Å²) in [5.41, 5.74) is 4.40. The number of pyridine rings is 1. The number of anilines is 2. The van der Waals surface area contributed by atoms with Crippen molar-refractivity contribution < 1.29 is 4.79 Å². The van der Waals surface area contributed by atoms with E-state index in [4.69, 9.17) is 0 Å². The first-order valence-corrected chi connectivity index (χ1v) is 8.72. The van der Waals surface area contributed by atoms with Crippen molar-refractivity contribution in [2.45, 2.75) is 13.5 Å². The smallest absolute Gasteiger partial charge is 0.270 e. The maximum atomic E-state index is 12.3. The van der Waals surface area contributed by atoms with Crippen LogP contribution in [0.2, 0.25) is 0 Å². The van der Waals surface area contributed by atoms with Crippen LogP contribution in [-0.2, 0) is 6.54 Å². The molecule has 0 atom stereocenters. The van der Waals surface area contributed by atoms with Crippen molar-refractivity contribution in [3.05, 3.63) is 88.2 Å². The fourth-order valence-corrected chi connectivity index (χ4v) is 2.58. The van der Waals surface area contributed by atoms with Gasteiger partial charge < -0.3 is 10.6 Å². The maximum Gasteiger partial charge on any atom is 0.270 e. The van der Waals surface area contributed by atoms with Crippen LogP contribution in [0.1, 0.15) is 21.6 Å². The molecule has 0 saturated heterocycles. The molecule has 3 aromatic rings. The first kappa shape index (κ1) is 17.2. The number of aromatic nitrogens is 1. The second-order valence-electron chi connectivity index (χ2n) is 5.73. The van der Waals surface area contributed by atoms with Gasteiger partial charge in [-0.3, -0.25) is 9.78 Å². The van der Waals surface area contributed by atoms with Gasteiger partial charge in [-0.15, -0.1) is 0 Å². The van der Waals surface area contributed by atoms with Crippen LogP contribution >= 0.6 is 15.9 Å². The first-order chi connectivity index (χ1) is 12.1. The summed E-state index contributed by atoms with van der Waals surface area (Å²) in [7, 11) is 0. The number of rotatable bonds is 5. The number of nitrogens with one attached hydrogen (secondary N) is 2. The van der Waals surface area contributed by atoms with Crippen LogP contribution in [0.4, 0.5) is 11.4 Å². The Kier molecular flexibility index (Phi) is 5.46. The summed E-state index contributed by atoms with van der Waals surface area (Å²) >= 11 is 3.41. The van der Waals surface area contributed by atoms with Gasteiger partial charge in [-0.2, -0.15) is 0 Å². The molecule has 0 aliphatic rings. The molecule has 0 spiro atoms. The van der Waals surface area contributed by atoms with E-state index in [1.54, 1.807) is 12.3 Å². The summed E-state index contributed by atoms with van der Waals surface area (Å²) in [6, 6.07) is 19.5. The fraction of sp³-hybridized carbons (Fsp3) is 0.100. The van der Waals surface area contributed by atoms with E-state index in [0.29, 0.717) is 12.2 Å². The zero-order chi connectivity index (χ0) is 17.6. The van der Waals surface area contributed by atoms with Crippen molar-refractivity contribution in [3.63, 3.8) is 0 Å². The normalized spacial score (nSPS) is 10.3. The molecule has 1 aromatic heterocycles. The van der Waals surface area contributed by atoms with Gasteiger partial charge in [-0.05, 0) is 48.9 Å². The molecule has 0 aliphatic carbocycles. The molecule has 0 bridgehead atoms. The molecule has 1 amide bonds. The van der Waals surface area contributed by atoms with E-state index >= 15 is 0 Å². The van der Waals surface area contributed by atoms with Gasteiger partial charge in [0.1, 0.15) is 5.69 Å². The number of carbonyl (C=O) groups is 1. The summed E-state index contributed by atoms with van der Waals surface area (Å²) in [5, 5.41) is 6.16.